The summed E-state index contributed by atoms with van der Waals surface area (Å²) in [5, 5.41) is 0. The van der Waals surface area contributed by atoms with Gasteiger partial charge in [0.25, 0.3) is 0 Å². The lowest BCUT2D eigenvalue weighted by atomic mass is 10.0. The van der Waals surface area contributed by atoms with Crippen LogP contribution < -0.4 is 0 Å². The second-order valence-electron chi connectivity index (χ2n) is 6.28. The average Bonchev–Trinajstić information content (AvgIpc) is 3.36. The van der Waals surface area contributed by atoms with Gasteiger partial charge in [-0.05, 0) is 37.1 Å². The molecule has 1 aliphatic rings. The summed E-state index contributed by atoms with van der Waals surface area (Å²) >= 11 is 0. The van der Waals surface area contributed by atoms with Gasteiger partial charge in [-0.2, -0.15) is 0 Å². The Morgan fingerprint density at radius 2 is 1.50 bits per heavy atom. The third-order valence-corrected chi connectivity index (χ3v) is 3.93. The van der Waals surface area contributed by atoms with Gasteiger partial charge in [-0.1, -0.05) is 42.5 Å². The fourth-order valence-corrected chi connectivity index (χ4v) is 2.45. The minimum absolute atomic E-state index is 0.223. The molecule has 24 heavy (non-hydrogen) atoms. The van der Waals surface area contributed by atoms with Crippen molar-refractivity contribution in [1.82, 2.24) is 0 Å². The van der Waals surface area contributed by atoms with E-state index in [2.05, 4.69) is 0 Å². The van der Waals surface area contributed by atoms with E-state index in [9.17, 15) is 9.59 Å². The second-order valence-corrected chi connectivity index (χ2v) is 6.28. The SMILES string of the molecule is CC(C)OC(=O)C1(OC(=O)c2ccc(-c3ccccc3)cc2)CC1. The smallest absolute Gasteiger partial charge is 0.350 e. The van der Waals surface area contributed by atoms with Crippen LogP contribution in [0.3, 0.4) is 0 Å². The fraction of sp³-hybridized carbons (Fsp3) is 0.300. The standard InChI is InChI=1S/C20H20O4/c1-14(2)23-19(22)20(12-13-20)24-18(21)17-10-8-16(9-11-17)15-6-4-3-5-7-15/h3-11,14H,12-13H2,1-2H3. The lowest BCUT2D eigenvalue weighted by Crippen LogP contribution is -2.32. The molecule has 2 aromatic rings. The minimum Gasteiger partial charge on any atom is -0.460 e. The molecule has 0 aliphatic heterocycles. The molecule has 0 atom stereocenters. The van der Waals surface area contributed by atoms with Crippen molar-refractivity contribution in [3.63, 3.8) is 0 Å². The maximum Gasteiger partial charge on any atom is 0.350 e. The van der Waals surface area contributed by atoms with E-state index in [0.717, 1.165) is 11.1 Å². The molecule has 1 aliphatic carbocycles. The van der Waals surface area contributed by atoms with Crippen molar-refractivity contribution in [2.45, 2.75) is 38.4 Å². The fourth-order valence-electron chi connectivity index (χ4n) is 2.45. The minimum atomic E-state index is -1.08. The zero-order valence-electron chi connectivity index (χ0n) is 13.8. The Morgan fingerprint density at radius 1 is 0.917 bits per heavy atom. The largest absolute Gasteiger partial charge is 0.460 e. The van der Waals surface area contributed by atoms with Crippen molar-refractivity contribution >= 4 is 11.9 Å². The van der Waals surface area contributed by atoms with E-state index in [1.807, 2.05) is 42.5 Å². The van der Waals surface area contributed by atoms with Crippen LogP contribution in [0, 0.1) is 0 Å². The molecule has 124 valence electrons. The highest BCUT2D eigenvalue weighted by atomic mass is 16.6. The third kappa shape index (κ3) is 3.48. The lowest BCUT2D eigenvalue weighted by Gasteiger charge is -2.17. The monoisotopic (exact) mass is 324 g/mol. The van der Waals surface area contributed by atoms with Gasteiger partial charge in [0.2, 0.25) is 5.60 Å². The summed E-state index contributed by atoms with van der Waals surface area (Å²) in [5.74, 6) is -0.945. The quantitative estimate of drug-likeness (QED) is 0.780. The third-order valence-electron chi connectivity index (χ3n) is 3.93. The molecule has 0 amide bonds. The van der Waals surface area contributed by atoms with E-state index in [-0.39, 0.29) is 6.10 Å². The van der Waals surface area contributed by atoms with Crippen LogP contribution in [0.15, 0.2) is 54.6 Å². The van der Waals surface area contributed by atoms with E-state index in [4.69, 9.17) is 9.47 Å². The molecule has 0 aromatic heterocycles. The van der Waals surface area contributed by atoms with E-state index >= 15 is 0 Å². The van der Waals surface area contributed by atoms with Crippen molar-refractivity contribution in [1.29, 1.82) is 0 Å². The molecule has 4 nitrogen and oxygen atoms in total. The van der Waals surface area contributed by atoms with Crippen LogP contribution in [-0.4, -0.2) is 23.6 Å². The number of rotatable bonds is 5. The molecule has 0 saturated heterocycles. The number of carbonyl (C=O) groups excluding carboxylic acids is 2. The predicted octanol–water partition coefficient (Wildman–Crippen LogP) is 3.99. The Hall–Kier alpha value is -2.62. The highest BCUT2D eigenvalue weighted by molar-refractivity contribution is 5.94. The summed E-state index contributed by atoms with van der Waals surface area (Å²) < 4.78 is 10.6. The first-order valence-corrected chi connectivity index (χ1v) is 8.10. The number of hydrogen-bond donors (Lipinski definition) is 0. The highest BCUT2D eigenvalue weighted by Gasteiger charge is 2.56. The first kappa shape index (κ1) is 16.2. The maximum atomic E-state index is 12.3. The lowest BCUT2D eigenvalue weighted by molar-refractivity contribution is -0.160. The summed E-state index contributed by atoms with van der Waals surface area (Å²) in [6.07, 6.45) is 0.817. The van der Waals surface area contributed by atoms with Crippen molar-refractivity contribution in [3.05, 3.63) is 60.2 Å². The summed E-state index contributed by atoms with van der Waals surface area (Å²) in [6.45, 7) is 3.55. The summed E-state index contributed by atoms with van der Waals surface area (Å²) in [6, 6.07) is 17.1. The topological polar surface area (TPSA) is 52.6 Å². The Balaban J connectivity index is 1.69. The number of benzene rings is 2. The molecule has 0 radical (unpaired) electrons. The Morgan fingerprint density at radius 3 is 2.04 bits per heavy atom. The van der Waals surface area contributed by atoms with Crippen LogP contribution >= 0.6 is 0 Å². The summed E-state index contributed by atoms with van der Waals surface area (Å²) in [7, 11) is 0. The molecule has 0 spiro atoms. The van der Waals surface area contributed by atoms with Gasteiger partial charge in [-0.15, -0.1) is 0 Å². The van der Waals surface area contributed by atoms with E-state index in [0.29, 0.717) is 18.4 Å². The summed E-state index contributed by atoms with van der Waals surface area (Å²) in [5.41, 5.74) is 1.45. The average molecular weight is 324 g/mol. The van der Waals surface area contributed by atoms with Gasteiger partial charge in [0.15, 0.2) is 0 Å². The van der Waals surface area contributed by atoms with Crippen LogP contribution in [0.25, 0.3) is 11.1 Å². The Bertz CT molecular complexity index is 728. The van der Waals surface area contributed by atoms with E-state index in [1.165, 1.54) is 0 Å². The van der Waals surface area contributed by atoms with Gasteiger partial charge in [-0.3, -0.25) is 0 Å². The molecule has 1 saturated carbocycles. The number of hydrogen-bond acceptors (Lipinski definition) is 4. The Kier molecular flexibility index (Phi) is 4.38. The van der Waals surface area contributed by atoms with Crippen molar-refractivity contribution < 1.29 is 19.1 Å². The Labute approximate surface area is 141 Å². The molecule has 0 unspecified atom stereocenters. The van der Waals surface area contributed by atoms with Gasteiger partial charge >= 0.3 is 11.9 Å². The van der Waals surface area contributed by atoms with Crippen LogP contribution in [0.1, 0.15) is 37.0 Å². The van der Waals surface area contributed by atoms with Gasteiger partial charge in [-0.25, -0.2) is 9.59 Å². The van der Waals surface area contributed by atoms with Crippen molar-refractivity contribution in [3.8, 4) is 11.1 Å². The molecule has 2 aromatic carbocycles. The van der Waals surface area contributed by atoms with Gasteiger partial charge in [0.05, 0.1) is 11.7 Å². The van der Waals surface area contributed by atoms with Crippen molar-refractivity contribution in [2.75, 3.05) is 0 Å². The van der Waals surface area contributed by atoms with Gasteiger partial charge in [0, 0.05) is 12.8 Å². The molecule has 0 N–H and O–H groups in total. The van der Waals surface area contributed by atoms with Crippen LogP contribution in [0.4, 0.5) is 0 Å². The molecule has 0 heterocycles. The molecular weight excluding hydrogens is 304 g/mol. The zero-order chi connectivity index (χ0) is 17.2. The first-order valence-electron chi connectivity index (χ1n) is 8.10. The highest BCUT2D eigenvalue weighted by Crippen LogP contribution is 2.41. The molecular formula is C20H20O4. The number of esters is 2. The molecule has 3 rings (SSSR count). The molecule has 1 fully saturated rings. The van der Waals surface area contributed by atoms with E-state index < -0.39 is 17.5 Å². The summed E-state index contributed by atoms with van der Waals surface area (Å²) in [4.78, 5) is 24.4. The number of carbonyl (C=O) groups is 2. The van der Waals surface area contributed by atoms with E-state index in [1.54, 1.807) is 26.0 Å². The van der Waals surface area contributed by atoms with Crippen LogP contribution in [-0.2, 0) is 14.3 Å². The number of ether oxygens (including phenoxy) is 2. The zero-order valence-corrected chi connectivity index (χ0v) is 13.8. The van der Waals surface area contributed by atoms with Gasteiger partial charge in [0.1, 0.15) is 0 Å². The van der Waals surface area contributed by atoms with Crippen molar-refractivity contribution in [2.24, 2.45) is 0 Å². The van der Waals surface area contributed by atoms with Crippen LogP contribution in [0.5, 0.6) is 0 Å². The van der Waals surface area contributed by atoms with Crippen LogP contribution in [0.2, 0.25) is 0 Å². The van der Waals surface area contributed by atoms with Gasteiger partial charge < -0.3 is 9.47 Å². The second kappa shape index (κ2) is 6.48. The predicted molar refractivity (Wildman–Crippen MR) is 90.5 cm³/mol. The molecule has 4 heteroatoms. The maximum absolute atomic E-state index is 12.3. The normalized spacial score (nSPS) is 15.0. The molecule has 0 bridgehead atoms. The first-order chi connectivity index (χ1) is 11.5.